The molecule has 0 bridgehead atoms. The Kier molecular flexibility index (Phi) is 5.71. The van der Waals surface area contributed by atoms with Crippen LogP contribution in [0.4, 0.5) is 0 Å². The Bertz CT molecular complexity index is 712. The van der Waals surface area contributed by atoms with Crippen LogP contribution >= 0.6 is 11.3 Å². The van der Waals surface area contributed by atoms with E-state index in [9.17, 15) is 4.79 Å². The number of hydrogen-bond donors (Lipinski definition) is 2. The molecule has 0 aliphatic carbocycles. The third-order valence-corrected chi connectivity index (χ3v) is 5.06. The molecule has 1 fully saturated rings. The van der Waals surface area contributed by atoms with Crippen molar-refractivity contribution in [1.82, 2.24) is 15.6 Å². The van der Waals surface area contributed by atoms with E-state index in [0.29, 0.717) is 11.7 Å². The molecule has 3 rings (SSSR count). The molecule has 2 heterocycles. The van der Waals surface area contributed by atoms with E-state index >= 15 is 0 Å². The molecule has 1 aromatic carbocycles. The van der Waals surface area contributed by atoms with Gasteiger partial charge in [0, 0.05) is 23.0 Å². The number of piperidine rings is 1. The zero-order valence-corrected chi connectivity index (χ0v) is 15.7. The zero-order valence-electron chi connectivity index (χ0n) is 14.9. The minimum absolute atomic E-state index is 0.0821. The number of ether oxygens (including phenoxy) is 1. The quantitative estimate of drug-likeness (QED) is 0.858. The molecule has 1 aromatic heterocycles. The highest BCUT2D eigenvalue weighted by atomic mass is 32.1. The Morgan fingerprint density at radius 1 is 1.36 bits per heavy atom. The summed E-state index contributed by atoms with van der Waals surface area (Å²) in [6.45, 7) is 7.09. The predicted octanol–water partition coefficient (Wildman–Crippen LogP) is 3.47. The maximum Gasteiger partial charge on any atom is 0.270 e. The van der Waals surface area contributed by atoms with E-state index in [-0.39, 0.29) is 18.1 Å². The molecule has 6 heteroatoms. The minimum atomic E-state index is -0.0821. The topological polar surface area (TPSA) is 63.2 Å². The summed E-state index contributed by atoms with van der Waals surface area (Å²) in [5, 5.41) is 9.17. The third-order valence-electron chi connectivity index (χ3n) is 4.17. The summed E-state index contributed by atoms with van der Waals surface area (Å²) in [5.41, 5.74) is 1.49. The van der Waals surface area contributed by atoms with Crippen LogP contribution in [-0.2, 0) is 0 Å². The average molecular weight is 359 g/mol. The van der Waals surface area contributed by atoms with E-state index in [0.717, 1.165) is 35.7 Å². The van der Waals surface area contributed by atoms with Gasteiger partial charge in [0.1, 0.15) is 16.5 Å². The SMILES string of the molecule is CC1CC(NC(=O)c2csc(-c3ccc(OC(C)C)cc3)n2)CCN1. The van der Waals surface area contributed by atoms with Crippen molar-refractivity contribution >= 4 is 17.2 Å². The van der Waals surface area contributed by atoms with Gasteiger partial charge < -0.3 is 15.4 Å². The number of thiazole rings is 1. The number of amides is 1. The van der Waals surface area contributed by atoms with Gasteiger partial charge in [-0.2, -0.15) is 0 Å². The molecule has 0 spiro atoms. The van der Waals surface area contributed by atoms with Crippen molar-refractivity contribution < 1.29 is 9.53 Å². The van der Waals surface area contributed by atoms with Crippen LogP contribution in [0.25, 0.3) is 10.6 Å². The van der Waals surface area contributed by atoms with Gasteiger partial charge in [-0.25, -0.2) is 4.98 Å². The first-order chi connectivity index (χ1) is 12.0. The summed E-state index contributed by atoms with van der Waals surface area (Å²) < 4.78 is 5.66. The largest absolute Gasteiger partial charge is 0.491 e. The number of rotatable bonds is 5. The van der Waals surface area contributed by atoms with Gasteiger partial charge in [0.05, 0.1) is 6.10 Å². The normalized spacial score (nSPS) is 20.5. The van der Waals surface area contributed by atoms with E-state index < -0.39 is 0 Å². The molecule has 2 N–H and O–H groups in total. The summed E-state index contributed by atoms with van der Waals surface area (Å²) in [7, 11) is 0. The van der Waals surface area contributed by atoms with E-state index in [2.05, 4.69) is 22.5 Å². The van der Waals surface area contributed by atoms with Crippen LogP contribution in [0.3, 0.4) is 0 Å². The smallest absolute Gasteiger partial charge is 0.270 e. The monoisotopic (exact) mass is 359 g/mol. The van der Waals surface area contributed by atoms with Gasteiger partial charge in [0.25, 0.3) is 5.91 Å². The summed E-state index contributed by atoms with van der Waals surface area (Å²) in [6, 6.07) is 8.50. The number of benzene rings is 1. The Morgan fingerprint density at radius 2 is 2.12 bits per heavy atom. The second kappa shape index (κ2) is 7.97. The highest BCUT2D eigenvalue weighted by molar-refractivity contribution is 7.13. The molecule has 25 heavy (non-hydrogen) atoms. The molecule has 1 aliphatic heterocycles. The Morgan fingerprint density at radius 3 is 2.80 bits per heavy atom. The third kappa shape index (κ3) is 4.80. The summed E-state index contributed by atoms with van der Waals surface area (Å²) in [5.74, 6) is 0.759. The lowest BCUT2D eigenvalue weighted by atomic mass is 10.0. The van der Waals surface area contributed by atoms with Gasteiger partial charge in [-0.15, -0.1) is 11.3 Å². The van der Waals surface area contributed by atoms with Crippen molar-refractivity contribution in [3.8, 4) is 16.3 Å². The van der Waals surface area contributed by atoms with E-state index in [1.165, 1.54) is 11.3 Å². The van der Waals surface area contributed by atoms with E-state index in [1.54, 1.807) is 0 Å². The summed E-state index contributed by atoms with van der Waals surface area (Å²) in [6.07, 6.45) is 2.07. The van der Waals surface area contributed by atoms with Gasteiger partial charge >= 0.3 is 0 Å². The molecular formula is C19H25N3O2S. The van der Waals surface area contributed by atoms with Crippen LogP contribution in [0.1, 0.15) is 44.1 Å². The average Bonchev–Trinajstić information content (AvgIpc) is 3.05. The number of carbonyl (C=O) groups excluding carboxylic acids is 1. The number of hydrogen-bond acceptors (Lipinski definition) is 5. The first kappa shape index (κ1) is 17.9. The number of nitrogens with zero attached hydrogens (tertiary/aromatic N) is 1. The number of nitrogens with one attached hydrogen (secondary N) is 2. The van der Waals surface area contributed by atoms with Crippen LogP contribution in [0.2, 0.25) is 0 Å². The first-order valence-electron chi connectivity index (χ1n) is 8.78. The van der Waals surface area contributed by atoms with Crippen molar-refractivity contribution in [1.29, 1.82) is 0 Å². The maximum atomic E-state index is 12.4. The van der Waals surface area contributed by atoms with Gasteiger partial charge in [-0.1, -0.05) is 0 Å². The minimum Gasteiger partial charge on any atom is -0.491 e. The van der Waals surface area contributed by atoms with Crippen molar-refractivity contribution in [2.75, 3.05) is 6.54 Å². The second-order valence-electron chi connectivity index (χ2n) is 6.78. The lowest BCUT2D eigenvalue weighted by Gasteiger charge is -2.28. The number of carbonyl (C=O) groups is 1. The molecule has 1 aliphatic rings. The van der Waals surface area contributed by atoms with Gasteiger partial charge in [-0.3, -0.25) is 4.79 Å². The fraction of sp³-hybridized carbons (Fsp3) is 0.474. The molecule has 0 saturated carbocycles. The fourth-order valence-electron chi connectivity index (χ4n) is 2.98. The van der Waals surface area contributed by atoms with Crippen LogP contribution in [-0.4, -0.2) is 35.6 Å². The second-order valence-corrected chi connectivity index (χ2v) is 7.64. The van der Waals surface area contributed by atoms with Gasteiger partial charge in [0.15, 0.2) is 0 Å². The van der Waals surface area contributed by atoms with Gasteiger partial charge in [-0.05, 0) is 64.4 Å². The molecule has 1 saturated heterocycles. The van der Waals surface area contributed by atoms with Gasteiger partial charge in [0.2, 0.25) is 0 Å². The van der Waals surface area contributed by atoms with Crippen molar-refractivity contribution in [3.63, 3.8) is 0 Å². The van der Waals surface area contributed by atoms with Crippen molar-refractivity contribution in [2.24, 2.45) is 0 Å². The molecule has 2 unspecified atom stereocenters. The van der Waals surface area contributed by atoms with Crippen LogP contribution in [0.15, 0.2) is 29.6 Å². The first-order valence-corrected chi connectivity index (χ1v) is 9.66. The predicted molar refractivity (Wildman–Crippen MR) is 101 cm³/mol. The highest BCUT2D eigenvalue weighted by Gasteiger charge is 2.21. The molecular weight excluding hydrogens is 334 g/mol. The van der Waals surface area contributed by atoms with E-state index in [4.69, 9.17) is 4.74 Å². The maximum absolute atomic E-state index is 12.4. The molecule has 2 atom stereocenters. The Hall–Kier alpha value is -1.92. The zero-order chi connectivity index (χ0) is 17.8. The lowest BCUT2D eigenvalue weighted by Crippen LogP contribution is -2.46. The molecule has 2 aromatic rings. The molecule has 5 nitrogen and oxygen atoms in total. The fourth-order valence-corrected chi connectivity index (χ4v) is 3.79. The summed E-state index contributed by atoms with van der Waals surface area (Å²) in [4.78, 5) is 16.9. The Balaban J connectivity index is 1.64. The van der Waals surface area contributed by atoms with E-state index in [1.807, 2.05) is 43.5 Å². The molecule has 1 amide bonds. The Labute approximate surface area is 152 Å². The van der Waals surface area contributed by atoms with Crippen molar-refractivity contribution in [2.45, 2.75) is 51.8 Å². The number of aromatic nitrogens is 1. The van der Waals surface area contributed by atoms with Crippen LogP contribution < -0.4 is 15.4 Å². The van der Waals surface area contributed by atoms with Crippen LogP contribution in [0, 0.1) is 0 Å². The van der Waals surface area contributed by atoms with Crippen LogP contribution in [0.5, 0.6) is 5.75 Å². The lowest BCUT2D eigenvalue weighted by molar-refractivity contribution is 0.0921. The summed E-state index contributed by atoms with van der Waals surface area (Å²) >= 11 is 1.49. The van der Waals surface area contributed by atoms with Crippen molar-refractivity contribution in [3.05, 3.63) is 35.3 Å². The molecule has 0 radical (unpaired) electrons. The molecule has 134 valence electrons. The standard InChI is InChI=1S/C19H25N3O2S/c1-12(2)24-16-6-4-14(5-7-16)19-22-17(11-25-19)18(23)21-15-8-9-20-13(3)10-15/h4-7,11-13,15,20H,8-10H2,1-3H3,(H,21,23). The highest BCUT2D eigenvalue weighted by Crippen LogP contribution is 2.26.